The first-order valence-corrected chi connectivity index (χ1v) is 10.4. The van der Waals surface area contributed by atoms with E-state index in [9.17, 15) is 0 Å². The zero-order valence-corrected chi connectivity index (χ0v) is 20.1. The van der Waals surface area contributed by atoms with E-state index in [1.165, 1.54) is 12.8 Å². The highest BCUT2D eigenvalue weighted by Crippen LogP contribution is 2.28. The molecule has 1 aromatic carbocycles. The summed E-state index contributed by atoms with van der Waals surface area (Å²) in [5.74, 6) is 1.67. The van der Waals surface area contributed by atoms with Crippen molar-refractivity contribution in [3.63, 3.8) is 0 Å². The molecule has 160 valence electrons. The van der Waals surface area contributed by atoms with Crippen LogP contribution >= 0.6 is 24.0 Å². The lowest BCUT2D eigenvalue weighted by molar-refractivity contribution is 0.123. The molecule has 0 radical (unpaired) electrons. The molecule has 0 atom stereocenters. The molecule has 1 saturated carbocycles. The summed E-state index contributed by atoms with van der Waals surface area (Å²) in [4.78, 5) is 4.77. The largest absolute Gasteiger partial charge is 0.381 e. The fraction of sp³-hybridized carbons (Fsp3) is 0.545. The Morgan fingerprint density at radius 2 is 2.03 bits per heavy atom. The Hall–Kier alpha value is -1.61. The quantitative estimate of drug-likeness (QED) is 0.219. The number of hydrogen-bond donors (Lipinski definition) is 2. The van der Waals surface area contributed by atoms with Crippen LogP contribution in [-0.2, 0) is 11.3 Å². The molecule has 3 rings (SSSR count). The molecule has 6 nitrogen and oxygen atoms in total. The highest BCUT2D eigenvalue weighted by molar-refractivity contribution is 14.0. The Labute approximate surface area is 191 Å². The van der Waals surface area contributed by atoms with E-state index in [1.54, 1.807) is 0 Å². The molecule has 1 heterocycles. The lowest BCUT2D eigenvalue weighted by Gasteiger charge is -2.13. The molecule has 7 heteroatoms. The third-order valence-electron chi connectivity index (χ3n) is 4.79. The predicted octanol–water partition coefficient (Wildman–Crippen LogP) is 3.98. The van der Waals surface area contributed by atoms with Crippen LogP contribution in [0.25, 0.3) is 5.69 Å². The molecule has 1 aliphatic carbocycles. The molecule has 0 bridgehead atoms. The summed E-state index contributed by atoms with van der Waals surface area (Å²) in [6.45, 7) is 10.2. The maximum atomic E-state index is 5.70. The monoisotopic (exact) mass is 511 g/mol. The van der Waals surface area contributed by atoms with Gasteiger partial charge in [0, 0.05) is 32.0 Å². The van der Waals surface area contributed by atoms with Gasteiger partial charge in [-0.15, -0.1) is 24.0 Å². The van der Waals surface area contributed by atoms with Crippen molar-refractivity contribution in [1.82, 2.24) is 20.4 Å². The summed E-state index contributed by atoms with van der Waals surface area (Å²) < 4.78 is 7.69. The van der Waals surface area contributed by atoms with Crippen LogP contribution in [0.1, 0.15) is 43.1 Å². The number of hydrogen-bond acceptors (Lipinski definition) is 3. The summed E-state index contributed by atoms with van der Waals surface area (Å²) >= 11 is 0. The number of nitrogens with zero attached hydrogens (tertiary/aromatic N) is 3. The third kappa shape index (κ3) is 7.62. The van der Waals surface area contributed by atoms with Crippen LogP contribution < -0.4 is 10.6 Å². The van der Waals surface area contributed by atoms with E-state index < -0.39 is 0 Å². The van der Waals surface area contributed by atoms with Crippen molar-refractivity contribution in [3.8, 4) is 5.69 Å². The van der Waals surface area contributed by atoms with E-state index in [0.717, 1.165) is 67.2 Å². The SMILES string of the molecule is CCNC(=NCc1ccccc1-n1nc(C)cc1C)NCCCOCC1CC1.I. The van der Waals surface area contributed by atoms with Crippen LogP contribution in [0.2, 0.25) is 0 Å². The molecular weight excluding hydrogens is 477 g/mol. The second-order valence-corrected chi connectivity index (χ2v) is 7.46. The van der Waals surface area contributed by atoms with Gasteiger partial charge in [0.15, 0.2) is 5.96 Å². The number of aryl methyl sites for hydroxylation is 2. The smallest absolute Gasteiger partial charge is 0.191 e. The van der Waals surface area contributed by atoms with Crippen molar-refractivity contribution in [2.75, 3.05) is 26.3 Å². The molecule has 2 N–H and O–H groups in total. The van der Waals surface area contributed by atoms with E-state index in [2.05, 4.69) is 53.8 Å². The second kappa shape index (κ2) is 12.2. The summed E-state index contributed by atoms with van der Waals surface area (Å²) in [5.41, 5.74) is 4.39. The van der Waals surface area contributed by atoms with Crippen molar-refractivity contribution >= 4 is 29.9 Å². The number of ether oxygens (including phenoxy) is 1. The molecule has 0 amide bonds. The average Bonchev–Trinajstić information content (AvgIpc) is 3.45. The van der Waals surface area contributed by atoms with E-state index in [1.807, 2.05) is 17.7 Å². The van der Waals surface area contributed by atoms with Crippen LogP contribution in [0.15, 0.2) is 35.3 Å². The van der Waals surface area contributed by atoms with Crippen molar-refractivity contribution in [1.29, 1.82) is 0 Å². The van der Waals surface area contributed by atoms with Gasteiger partial charge in [-0.05, 0) is 63.6 Å². The number of guanidine groups is 1. The maximum absolute atomic E-state index is 5.70. The first-order valence-electron chi connectivity index (χ1n) is 10.4. The highest BCUT2D eigenvalue weighted by atomic mass is 127. The van der Waals surface area contributed by atoms with E-state index in [0.29, 0.717) is 6.54 Å². The minimum absolute atomic E-state index is 0. The minimum Gasteiger partial charge on any atom is -0.381 e. The predicted molar refractivity (Wildman–Crippen MR) is 129 cm³/mol. The zero-order chi connectivity index (χ0) is 19.8. The summed E-state index contributed by atoms with van der Waals surface area (Å²) in [5, 5.41) is 11.4. The lowest BCUT2D eigenvalue weighted by Crippen LogP contribution is -2.38. The van der Waals surface area contributed by atoms with Crippen molar-refractivity contribution in [3.05, 3.63) is 47.3 Å². The Morgan fingerprint density at radius 3 is 2.72 bits per heavy atom. The second-order valence-electron chi connectivity index (χ2n) is 7.46. The van der Waals surface area contributed by atoms with Gasteiger partial charge >= 0.3 is 0 Å². The molecule has 0 saturated heterocycles. The maximum Gasteiger partial charge on any atom is 0.191 e. The molecule has 1 aromatic heterocycles. The topological polar surface area (TPSA) is 63.5 Å². The van der Waals surface area contributed by atoms with Gasteiger partial charge in [0.1, 0.15) is 0 Å². The Bertz CT molecular complexity index is 785. The number of benzene rings is 1. The number of nitrogens with one attached hydrogen (secondary N) is 2. The molecule has 0 unspecified atom stereocenters. The van der Waals surface area contributed by atoms with Gasteiger partial charge in [-0.2, -0.15) is 5.10 Å². The Kier molecular flexibility index (Phi) is 9.93. The number of rotatable bonds is 10. The minimum atomic E-state index is 0. The van der Waals surface area contributed by atoms with Gasteiger partial charge in [0.05, 0.1) is 17.9 Å². The number of aliphatic imine (C=N–C) groups is 1. The fourth-order valence-corrected chi connectivity index (χ4v) is 3.15. The summed E-state index contributed by atoms with van der Waals surface area (Å²) in [7, 11) is 0. The number of aromatic nitrogens is 2. The first kappa shape index (κ1) is 23.7. The summed E-state index contributed by atoms with van der Waals surface area (Å²) in [6.07, 6.45) is 3.67. The van der Waals surface area contributed by atoms with Gasteiger partial charge in [0.25, 0.3) is 0 Å². The fourth-order valence-electron chi connectivity index (χ4n) is 3.15. The zero-order valence-electron chi connectivity index (χ0n) is 17.8. The molecule has 1 fully saturated rings. The van der Waals surface area contributed by atoms with E-state index in [4.69, 9.17) is 9.73 Å². The van der Waals surface area contributed by atoms with Crippen molar-refractivity contribution in [2.24, 2.45) is 10.9 Å². The van der Waals surface area contributed by atoms with Crippen molar-refractivity contribution in [2.45, 2.75) is 46.6 Å². The van der Waals surface area contributed by atoms with Crippen LogP contribution in [-0.4, -0.2) is 42.0 Å². The summed E-state index contributed by atoms with van der Waals surface area (Å²) in [6, 6.07) is 10.4. The molecule has 1 aliphatic rings. The average molecular weight is 511 g/mol. The molecular formula is C22H34IN5O. The number of halogens is 1. The number of para-hydroxylation sites is 1. The third-order valence-corrected chi connectivity index (χ3v) is 4.79. The van der Waals surface area contributed by atoms with Gasteiger partial charge in [-0.3, -0.25) is 0 Å². The van der Waals surface area contributed by atoms with Crippen LogP contribution in [0.4, 0.5) is 0 Å². The lowest BCUT2D eigenvalue weighted by atomic mass is 10.2. The van der Waals surface area contributed by atoms with Gasteiger partial charge < -0.3 is 15.4 Å². The molecule has 2 aromatic rings. The van der Waals surface area contributed by atoms with Gasteiger partial charge in [-0.25, -0.2) is 9.67 Å². The highest BCUT2D eigenvalue weighted by Gasteiger charge is 2.20. The van der Waals surface area contributed by atoms with Crippen LogP contribution in [0, 0.1) is 19.8 Å². The van der Waals surface area contributed by atoms with Gasteiger partial charge in [-0.1, -0.05) is 18.2 Å². The van der Waals surface area contributed by atoms with Crippen LogP contribution in [0.5, 0.6) is 0 Å². The van der Waals surface area contributed by atoms with E-state index >= 15 is 0 Å². The molecule has 29 heavy (non-hydrogen) atoms. The van der Waals surface area contributed by atoms with Crippen molar-refractivity contribution < 1.29 is 4.74 Å². The molecule has 0 spiro atoms. The Balaban J connectivity index is 0.00000300. The first-order chi connectivity index (χ1) is 13.7. The standard InChI is InChI=1S/C22H33N5O.HI/c1-4-23-22(24-12-7-13-28-16-19-10-11-19)25-15-20-8-5-6-9-21(20)27-18(3)14-17(2)26-27;/h5-6,8-9,14,19H,4,7,10-13,15-16H2,1-3H3,(H2,23,24,25);1H. The van der Waals surface area contributed by atoms with E-state index in [-0.39, 0.29) is 24.0 Å². The van der Waals surface area contributed by atoms with Gasteiger partial charge in [0.2, 0.25) is 0 Å². The molecule has 0 aliphatic heterocycles. The normalized spacial score (nSPS) is 13.8. The van der Waals surface area contributed by atoms with Crippen LogP contribution in [0.3, 0.4) is 0 Å². The Morgan fingerprint density at radius 1 is 1.24 bits per heavy atom.